The van der Waals surface area contributed by atoms with Crippen molar-refractivity contribution in [3.8, 4) is 0 Å². The molecule has 26 heavy (non-hydrogen) atoms. The lowest BCUT2D eigenvalue weighted by molar-refractivity contribution is -0.158. The van der Waals surface area contributed by atoms with E-state index in [1.807, 2.05) is 54.6 Å². The van der Waals surface area contributed by atoms with E-state index in [9.17, 15) is 4.79 Å². The molecular formula is C19H19BrN4O2. The molecule has 0 spiro atoms. The van der Waals surface area contributed by atoms with E-state index in [1.165, 1.54) is 0 Å². The summed E-state index contributed by atoms with van der Waals surface area (Å²) in [4.78, 5) is 15.9. The van der Waals surface area contributed by atoms with Gasteiger partial charge in [-0.05, 0) is 34.9 Å². The van der Waals surface area contributed by atoms with Crippen LogP contribution in [0.2, 0.25) is 0 Å². The highest BCUT2D eigenvalue weighted by molar-refractivity contribution is 9.10. The molecule has 1 fully saturated rings. The molecule has 3 rings (SSSR count). The van der Waals surface area contributed by atoms with Crippen molar-refractivity contribution >= 4 is 21.9 Å². The molecule has 0 amide bonds. The summed E-state index contributed by atoms with van der Waals surface area (Å²) in [6, 6.07) is 17.3. The van der Waals surface area contributed by atoms with Crippen LogP contribution >= 0.6 is 15.9 Å². The third kappa shape index (κ3) is 4.00. The van der Waals surface area contributed by atoms with Gasteiger partial charge < -0.3 is 4.74 Å². The smallest absolute Gasteiger partial charge is 0.355 e. The van der Waals surface area contributed by atoms with Crippen molar-refractivity contribution in [2.24, 2.45) is 5.22 Å². The maximum absolute atomic E-state index is 13.0. The molecule has 7 heteroatoms. The number of nitrogens with zero attached hydrogens (tertiary/aromatic N) is 4. The van der Waals surface area contributed by atoms with E-state index in [1.54, 1.807) is 5.01 Å². The number of carbonyl (C=O) groups excluding carboxylic acids is 1. The molecule has 1 heterocycles. The highest BCUT2D eigenvalue weighted by Gasteiger charge is 2.52. The Kier molecular flexibility index (Phi) is 5.81. The van der Waals surface area contributed by atoms with Crippen molar-refractivity contribution in [2.75, 3.05) is 6.54 Å². The van der Waals surface area contributed by atoms with Crippen LogP contribution in [0.15, 0.2) is 64.3 Å². The second-order valence-electron chi connectivity index (χ2n) is 6.30. The van der Waals surface area contributed by atoms with Gasteiger partial charge in [0, 0.05) is 17.3 Å². The molecule has 0 aliphatic carbocycles. The molecule has 2 aromatic carbocycles. The molecular weight excluding hydrogens is 396 g/mol. The molecule has 0 N–H and O–H groups in total. The number of rotatable bonds is 6. The number of carbonyl (C=O) groups is 1. The first-order chi connectivity index (χ1) is 12.6. The van der Waals surface area contributed by atoms with E-state index in [2.05, 4.69) is 26.1 Å². The largest absolute Gasteiger partial charge is 0.457 e. The number of ether oxygens (including phenoxy) is 1. The minimum atomic E-state index is -0.963. The van der Waals surface area contributed by atoms with Crippen LogP contribution in [0.3, 0.4) is 0 Å². The van der Waals surface area contributed by atoms with Crippen molar-refractivity contribution in [1.29, 1.82) is 0 Å². The lowest BCUT2D eigenvalue weighted by Crippen LogP contribution is -2.50. The highest BCUT2D eigenvalue weighted by Crippen LogP contribution is 2.35. The molecule has 1 aliphatic heterocycles. The third-order valence-corrected chi connectivity index (χ3v) is 5.13. The van der Waals surface area contributed by atoms with E-state index in [0.717, 1.165) is 22.0 Å². The van der Waals surface area contributed by atoms with E-state index < -0.39 is 5.54 Å². The summed E-state index contributed by atoms with van der Waals surface area (Å²) in [6.07, 6.45) is 1.80. The van der Waals surface area contributed by atoms with Crippen LogP contribution in [0.5, 0.6) is 0 Å². The molecule has 134 valence electrons. The molecule has 1 atom stereocenters. The zero-order valence-corrected chi connectivity index (χ0v) is 15.8. The summed E-state index contributed by atoms with van der Waals surface area (Å²) < 4.78 is 6.59. The van der Waals surface area contributed by atoms with Crippen molar-refractivity contribution in [2.45, 2.75) is 31.4 Å². The van der Waals surface area contributed by atoms with Gasteiger partial charge in [0.05, 0.1) is 6.54 Å². The van der Waals surface area contributed by atoms with Crippen LogP contribution < -0.4 is 0 Å². The molecule has 1 aliphatic rings. The fraction of sp³-hybridized carbons (Fsp3) is 0.316. The maximum atomic E-state index is 13.0. The van der Waals surface area contributed by atoms with Gasteiger partial charge >= 0.3 is 5.97 Å². The van der Waals surface area contributed by atoms with Gasteiger partial charge in [0.25, 0.3) is 0 Å². The number of halogens is 1. The molecule has 0 aromatic heterocycles. The topological polar surface area (TPSA) is 78.3 Å². The van der Waals surface area contributed by atoms with Gasteiger partial charge in [-0.25, -0.2) is 9.80 Å². The zero-order valence-electron chi connectivity index (χ0n) is 14.2. The van der Waals surface area contributed by atoms with Gasteiger partial charge in [0.15, 0.2) is 0 Å². The Morgan fingerprint density at radius 2 is 1.92 bits per heavy atom. The predicted molar refractivity (Wildman–Crippen MR) is 102 cm³/mol. The van der Waals surface area contributed by atoms with Crippen LogP contribution in [-0.4, -0.2) is 23.1 Å². The summed E-state index contributed by atoms with van der Waals surface area (Å²) >= 11 is 3.42. The van der Waals surface area contributed by atoms with Gasteiger partial charge in [-0.2, -0.15) is 4.91 Å². The van der Waals surface area contributed by atoms with Crippen LogP contribution in [0.1, 0.15) is 24.0 Å². The lowest BCUT2D eigenvalue weighted by atomic mass is 9.89. The van der Waals surface area contributed by atoms with Crippen molar-refractivity contribution in [1.82, 2.24) is 5.01 Å². The minimum Gasteiger partial charge on any atom is -0.457 e. The van der Waals surface area contributed by atoms with Crippen molar-refractivity contribution < 1.29 is 9.53 Å². The number of hydrogen-bond donors (Lipinski definition) is 0. The van der Waals surface area contributed by atoms with Crippen LogP contribution in [0.4, 0.5) is 0 Å². The first kappa shape index (κ1) is 18.3. The van der Waals surface area contributed by atoms with Crippen molar-refractivity contribution in [3.63, 3.8) is 0 Å². The monoisotopic (exact) mass is 414 g/mol. The first-order valence-electron chi connectivity index (χ1n) is 8.42. The minimum absolute atomic E-state index is 0.200. The number of azide groups is 1. The normalized spacial score (nSPS) is 19.0. The molecule has 0 radical (unpaired) electrons. The first-order valence-corrected chi connectivity index (χ1v) is 9.22. The molecule has 1 saturated heterocycles. The SMILES string of the molecule is [N-]=[N+]=NN1CCC[C@@]1(Cc1ccc(Br)cc1)C(=O)OCc1ccccc1. The average Bonchev–Trinajstić information content (AvgIpc) is 3.06. The third-order valence-electron chi connectivity index (χ3n) is 4.60. The van der Waals surface area contributed by atoms with Gasteiger partial charge in [0.2, 0.25) is 5.54 Å². The molecule has 0 saturated carbocycles. The van der Waals surface area contributed by atoms with Crippen LogP contribution in [0.25, 0.3) is 10.4 Å². The van der Waals surface area contributed by atoms with Gasteiger partial charge in [-0.15, -0.1) is 5.53 Å². The second kappa shape index (κ2) is 8.25. The van der Waals surface area contributed by atoms with Crippen molar-refractivity contribution in [3.05, 3.63) is 80.6 Å². The Morgan fingerprint density at radius 3 is 2.62 bits per heavy atom. The Balaban J connectivity index is 1.83. The summed E-state index contributed by atoms with van der Waals surface area (Å²) in [5.41, 5.74) is 9.86. The van der Waals surface area contributed by atoms with Gasteiger partial charge in [-0.1, -0.05) is 58.4 Å². The Morgan fingerprint density at radius 1 is 1.19 bits per heavy atom. The predicted octanol–water partition coefficient (Wildman–Crippen LogP) is 4.79. The molecule has 0 unspecified atom stereocenters. The fourth-order valence-electron chi connectivity index (χ4n) is 3.30. The summed E-state index contributed by atoms with van der Waals surface area (Å²) in [5, 5.41) is 5.31. The Hall–Kier alpha value is -2.50. The average molecular weight is 415 g/mol. The van der Waals surface area contributed by atoms with E-state index in [0.29, 0.717) is 19.4 Å². The Labute approximate surface area is 160 Å². The van der Waals surface area contributed by atoms with E-state index in [-0.39, 0.29) is 12.6 Å². The number of esters is 1. The molecule has 2 aromatic rings. The van der Waals surface area contributed by atoms with Gasteiger partial charge in [-0.3, -0.25) is 0 Å². The maximum Gasteiger partial charge on any atom is 0.355 e. The lowest BCUT2D eigenvalue weighted by Gasteiger charge is -2.30. The highest BCUT2D eigenvalue weighted by atomic mass is 79.9. The van der Waals surface area contributed by atoms with E-state index in [4.69, 9.17) is 10.3 Å². The second-order valence-corrected chi connectivity index (χ2v) is 7.22. The zero-order chi connectivity index (χ0) is 18.4. The quantitative estimate of drug-likeness (QED) is 0.294. The van der Waals surface area contributed by atoms with Crippen LogP contribution in [-0.2, 0) is 22.6 Å². The Bertz CT molecular complexity index is 806. The van der Waals surface area contributed by atoms with Crippen LogP contribution in [0, 0.1) is 0 Å². The fourth-order valence-corrected chi connectivity index (χ4v) is 3.56. The van der Waals surface area contributed by atoms with Gasteiger partial charge in [0.1, 0.15) is 6.61 Å². The molecule has 6 nitrogen and oxygen atoms in total. The summed E-state index contributed by atoms with van der Waals surface area (Å²) in [5.74, 6) is -0.353. The number of hydrogen-bond acceptors (Lipinski definition) is 3. The number of benzene rings is 2. The standard InChI is InChI=1S/C19H19BrN4O2/c20-17-9-7-15(8-10-17)13-19(11-4-12-24(19)23-22-21)18(25)26-14-16-5-2-1-3-6-16/h1-3,5-10H,4,11-14H2/t19-/m1/s1. The van der Waals surface area contributed by atoms with E-state index >= 15 is 0 Å². The summed E-state index contributed by atoms with van der Waals surface area (Å²) in [7, 11) is 0. The molecule has 0 bridgehead atoms. The summed E-state index contributed by atoms with van der Waals surface area (Å²) in [6.45, 7) is 0.743.